The first-order valence-corrected chi connectivity index (χ1v) is 7.48. The van der Waals surface area contributed by atoms with Gasteiger partial charge in [-0.3, -0.25) is 0 Å². The molecule has 4 heteroatoms. The lowest BCUT2D eigenvalue weighted by Crippen LogP contribution is -1.97. The van der Waals surface area contributed by atoms with Crippen LogP contribution in [0.25, 0.3) is 11.1 Å². The van der Waals surface area contributed by atoms with Gasteiger partial charge in [0.05, 0.1) is 13.7 Å². The van der Waals surface area contributed by atoms with Gasteiger partial charge in [-0.2, -0.15) is 0 Å². The largest absolute Gasteiger partial charge is 0.508 e. The number of ether oxygens (including phenoxy) is 2. The fraction of sp³-hybridized carbons (Fsp3) is 0.333. The third kappa shape index (κ3) is 4.07. The van der Waals surface area contributed by atoms with E-state index in [-0.39, 0.29) is 11.5 Å². The molecule has 2 aromatic carbocycles. The van der Waals surface area contributed by atoms with Gasteiger partial charge in [0, 0.05) is 6.07 Å². The van der Waals surface area contributed by atoms with E-state index in [9.17, 15) is 10.2 Å². The molecular formula is C18H22O4. The molecule has 0 amide bonds. The highest BCUT2D eigenvalue weighted by atomic mass is 16.5. The predicted molar refractivity (Wildman–Crippen MR) is 86.8 cm³/mol. The van der Waals surface area contributed by atoms with Crippen molar-refractivity contribution in [1.82, 2.24) is 0 Å². The van der Waals surface area contributed by atoms with Gasteiger partial charge in [-0.1, -0.05) is 25.8 Å². The Labute approximate surface area is 130 Å². The SMILES string of the molecule is CCCCCOc1ccc(-c2cc(O)cc(OC)c2)cc1O. The van der Waals surface area contributed by atoms with Crippen LogP contribution in [-0.4, -0.2) is 23.9 Å². The number of rotatable bonds is 7. The summed E-state index contributed by atoms with van der Waals surface area (Å²) in [5.74, 6) is 1.26. The average Bonchev–Trinajstić information content (AvgIpc) is 2.52. The molecule has 0 aliphatic heterocycles. The highest BCUT2D eigenvalue weighted by Crippen LogP contribution is 2.34. The van der Waals surface area contributed by atoms with Crippen LogP contribution in [-0.2, 0) is 0 Å². The molecular weight excluding hydrogens is 280 g/mol. The molecule has 0 atom stereocenters. The van der Waals surface area contributed by atoms with Crippen LogP contribution in [0.1, 0.15) is 26.2 Å². The third-order valence-electron chi connectivity index (χ3n) is 3.42. The fourth-order valence-electron chi connectivity index (χ4n) is 2.22. The Bertz CT molecular complexity index is 622. The number of benzene rings is 2. The lowest BCUT2D eigenvalue weighted by Gasteiger charge is -2.10. The molecule has 0 aliphatic rings. The number of hydrogen-bond acceptors (Lipinski definition) is 4. The molecule has 0 unspecified atom stereocenters. The van der Waals surface area contributed by atoms with Crippen molar-refractivity contribution in [2.45, 2.75) is 26.2 Å². The van der Waals surface area contributed by atoms with Crippen LogP contribution in [0.4, 0.5) is 0 Å². The third-order valence-corrected chi connectivity index (χ3v) is 3.42. The summed E-state index contributed by atoms with van der Waals surface area (Å²) in [6.45, 7) is 2.73. The predicted octanol–water partition coefficient (Wildman–Crippen LogP) is 4.34. The van der Waals surface area contributed by atoms with Crippen molar-refractivity contribution in [2.75, 3.05) is 13.7 Å². The lowest BCUT2D eigenvalue weighted by molar-refractivity contribution is 0.290. The molecule has 0 heterocycles. The van der Waals surface area contributed by atoms with E-state index in [0.29, 0.717) is 18.1 Å². The Morgan fingerprint density at radius 3 is 2.45 bits per heavy atom. The molecule has 0 aromatic heterocycles. The van der Waals surface area contributed by atoms with E-state index in [1.165, 1.54) is 6.07 Å². The maximum absolute atomic E-state index is 10.1. The smallest absolute Gasteiger partial charge is 0.160 e. The topological polar surface area (TPSA) is 58.9 Å². The van der Waals surface area contributed by atoms with Crippen LogP contribution in [0, 0.1) is 0 Å². The Balaban J connectivity index is 2.16. The van der Waals surface area contributed by atoms with Crippen LogP contribution >= 0.6 is 0 Å². The van der Waals surface area contributed by atoms with Crippen LogP contribution < -0.4 is 9.47 Å². The summed E-state index contributed by atoms with van der Waals surface area (Å²) in [6, 6.07) is 10.2. The van der Waals surface area contributed by atoms with Crippen molar-refractivity contribution in [3.8, 4) is 34.1 Å². The molecule has 2 aromatic rings. The molecule has 0 spiro atoms. The van der Waals surface area contributed by atoms with Gasteiger partial charge in [0.15, 0.2) is 11.5 Å². The second-order valence-electron chi connectivity index (χ2n) is 5.16. The quantitative estimate of drug-likeness (QED) is 0.747. The first-order chi connectivity index (χ1) is 10.6. The van der Waals surface area contributed by atoms with E-state index in [0.717, 1.165) is 30.4 Å². The number of phenolic OH excluding ortho intramolecular Hbond substituents is 2. The average molecular weight is 302 g/mol. The number of methoxy groups -OCH3 is 1. The molecule has 22 heavy (non-hydrogen) atoms. The Morgan fingerprint density at radius 2 is 1.77 bits per heavy atom. The molecule has 0 fully saturated rings. The molecule has 0 bridgehead atoms. The minimum absolute atomic E-state index is 0.0938. The Hall–Kier alpha value is -2.36. The maximum atomic E-state index is 10.1. The van der Waals surface area contributed by atoms with Crippen LogP contribution in [0.15, 0.2) is 36.4 Å². The minimum atomic E-state index is 0.0938. The van der Waals surface area contributed by atoms with Gasteiger partial charge in [0.2, 0.25) is 0 Å². The summed E-state index contributed by atoms with van der Waals surface area (Å²) in [5, 5.41) is 19.8. The number of unbranched alkanes of at least 4 members (excludes halogenated alkanes) is 2. The molecule has 118 valence electrons. The van der Waals surface area contributed by atoms with E-state index in [1.54, 1.807) is 31.4 Å². The highest BCUT2D eigenvalue weighted by Gasteiger charge is 2.08. The lowest BCUT2D eigenvalue weighted by atomic mass is 10.0. The van der Waals surface area contributed by atoms with Gasteiger partial charge in [-0.25, -0.2) is 0 Å². The maximum Gasteiger partial charge on any atom is 0.160 e. The van der Waals surface area contributed by atoms with Crippen molar-refractivity contribution < 1.29 is 19.7 Å². The number of hydrogen-bond donors (Lipinski definition) is 2. The minimum Gasteiger partial charge on any atom is -0.508 e. The van der Waals surface area contributed by atoms with Crippen molar-refractivity contribution in [3.63, 3.8) is 0 Å². The zero-order chi connectivity index (χ0) is 15.9. The summed E-state index contributed by atoms with van der Waals surface area (Å²) in [7, 11) is 1.54. The van der Waals surface area contributed by atoms with Crippen molar-refractivity contribution in [2.24, 2.45) is 0 Å². The first-order valence-electron chi connectivity index (χ1n) is 7.48. The van der Waals surface area contributed by atoms with Gasteiger partial charge in [-0.05, 0) is 41.8 Å². The van der Waals surface area contributed by atoms with Gasteiger partial charge >= 0.3 is 0 Å². The van der Waals surface area contributed by atoms with Crippen molar-refractivity contribution in [1.29, 1.82) is 0 Å². The zero-order valence-electron chi connectivity index (χ0n) is 13.0. The molecule has 0 saturated heterocycles. The van der Waals surface area contributed by atoms with E-state index in [4.69, 9.17) is 9.47 Å². The van der Waals surface area contributed by atoms with Gasteiger partial charge < -0.3 is 19.7 Å². The summed E-state index contributed by atoms with van der Waals surface area (Å²) >= 11 is 0. The molecule has 2 rings (SSSR count). The zero-order valence-corrected chi connectivity index (χ0v) is 13.0. The number of aromatic hydroxyl groups is 2. The van der Waals surface area contributed by atoms with E-state index in [2.05, 4.69) is 6.92 Å². The van der Waals surface area contributed by atoms with Crippen LogP contribution in [0.3, 0.4) is 0 Å². The standard InChI is InChI=1S/C18H22O4/c1-3-4-5-8-22-18-7-6-13(11-17(18)20)14-9-15(19)12-16(10-14)21-2/h6-7,9-12,19-20H,3-5,8H2,1-2H3. The Kier molecular flexibility index (Phi) is 5.53. The summed E-state index contributed by atoms with van der Waals surface area (Å²) in [4.78, 5) is 0. The van der Waals surface area contributed by atoms with Crippen LogP contribution in [0.5, 0.6) is 23.0 Å². The fourth-order valence-corrected chi connectivity index (χ4v) is 2.22. The first kappa shape index (κ1) is 16.0. The normalized spacial score (nSPS) is 10.5. The molecule has 4 nitrogen and oxygen atoms in total. The second-order valence-corrected chi connectivity index (χ2v) is 5.16. The monoisotopic (exact) mass is 302 g/mol. The van der Waals surface area contributed by atoms with Crippen LogP contribution in [0.2, 0.25) is 0 Å². The van der Waals surface area contributed by atoms with E-state index < -0.39 is 0 Å². The summed E-state index contributed by atoms with van der Waals surface area (Å²) in [5.41, 5.74) is 1.55. The van der Waals surface area contributed by atoms with Gasteiger partial charge in [-0.15, -0.1) is 0 Å². The molecule has 0 saturated carbocycles. The molecule has 0 radical (unpaired) electrons. The Morgan fingerprint density at radius 1 is 0.955 bits per heavy atom. The molecule has 0 aliphatic carbocycles. The van der Waals surface area contributed by atoms with Gasteiger partial charge in [0.25, 0.3) is 0 Å². The van der Waals surface area contributed by atoms with E-state index >= 15 is 0 Å². The highest BCUT2D eigenvalue weighted by molar-refractivity contribution is 5.69. The number of phenols is 2. The summed E-state index contributed by atoms with van der Waals surface area (Å²) in [6.07, 6.45) is 3.22. The summed E-state index contributed by atoms with van der Waals surface area (Å²) < 4.78 is 10.7. The van der Waals surface area contributed by atoms with Crippen molar-refractivity contribution >= 4 is 0 Å². The second kappa shape index (κ2) is 7.59. The molecule has 2 N–H and O–H groups in total. The van der Waals surface area contributed by atoms with E-state index in [1.807, 2.05) is 6.07 Å². The van der Waals surface area contributed by atoms with Crippen molar-refractivity contribution in [3.05, 3.63) is 36.4 Å². The van der Waals surface area contributed by atoms with Gasteiger partial charge in [0.1, 0.15) is 11.5 Å².